The average molecular weight is 1290 g/mol. The summed E-state index contributed by atoms with van der Waals surface area (Å²) in [4.78, 5) is 56.0. The fraction of sp³-hybridized carbons (Fsp3) is 0.538. The van der Waals surface area contributed by atoms with Crippen molar-refractivity contribution in [3.63, 3.8) is 0 Å². The number of thioether (sulfide) groups is 3. The van der Waals surface area contributed by atoms with Gasteiger partial charge in [0.25, 0.3) is 0 Å². The molecule has 88 heavy (non-hydrogen) atoms. The number of carbonyl (C=O) groups is 4. The molecular formula is C65H92N6O13S4. The Balaban J connectivity index is 0.000000249. The van der Waals surface area contributed by atoms with Crippen molar-refractivity contribution in [2.75, 3.05) is 103 Å². The van der Waals surface area contributed by atoms with Crippen LogP contribution in [0.5, 0.6) is 5.75 Å². The molecule has 0 aromatic heterocycles. The number of nitrogens with two attached hydrogens (primary N) is 1. The van der Waals surface area contributed by atoms with Gasteiger partial charge in [-0.1, -0.05) is 96.9 Å². The van der Waals surface area contributed by atoms with E-state index >= 15 is 0 Å². The molecule has 3 unspecified atom stereocenters. The maximum Gasteiger partial charge on any atom is 0.330 e. The van der Waals surface area contributed by atoms with Gasteiger partial charge in [0.1, 0.15) is 30.5 Å². The second-order valence-corrected chi connectivity index (χ2v) is 27.6. The molecule has 7 N–H and O–H groups in total. The highest BCUT2D eigenvalue weighted by atomic mass is 32.2. The number of aliphatic hydroxyl groups excluding tert-OH is 3. The van der Waals surface area contributed by atoms with Crippen LogP contribution in [0, 0.1) is 11.8 Å². The lowest BCUT2D eigenvalue weighted by Gasteiger charge is -2.45. The summed E-state index contributed by atoms with van der Waals surface area (Å²) in [7, 11) is -4.06. The molecule has 23 heteroatoms. The maximum absolute atomic E-state index is 13.4. The number of benzene rings is 4. The molecule has 0 radical (unpaired) electrons. The van der Waals surface area contributed by atoms with Crippen molar-refractivity contribution in [2.24, 2.45) is 5.73 Å². The molecule has 0 spiro atoms. The second-order valence-electron chi connectivity index (χ2n) is 21.4. The van der Waals surface area contributed by atoms with Gasteiger partial charge in [0.15, 0.2) is 0 Å². The van der Waals surface area contributed by atoms with Crippen LogP contribution in [0.3, 0.4) is 0 Å². The van der Waals surface area contributed by atoms with E-state index < -0.39 is 49.6 Å². The second kappa shape index (κ2) is 39.1. The number of nitrogens with one attached hydrogen (secondary N) is 2. The first-order valence-electron chi connectivity index (χ1n) is 30.2. The lowest BCUT2D eigenvalue weighted by Crippen LogP contribution is -2.59. The van der Waals surface area contributed by atoms with E-state index in [4.69, 9.17) is 24.7 Å². The van der Waals surface area contributed by atoms with Gasteiger partial charge in [-0.25, -0.2) is 13.2 Å². The Morgan fingerprint density at radius 3 is 1.32 bits per heavy atom. The Morgan fingerprint density at radius 2 is 0.943 bits per heavy atom. The van der Waals surface area contributed by atoms with Gasteiger partial charge in [-0.3, -0.25) is 29.1 Å². The lowest BCUT2D eigenvalue weighted by molar-refractivity contribution is -0.148. The summed E-state index contributed by atoms with van der Waals surface area (Å²) in [6, 6.07) is 34.4. The number of carbonyl (C=O) groups excluding carboxylic acids is 4. The quantitative estimate of drug-likeness (QED) is 0.0144. The molecule has 7 rings (SSSR count). The summed E-state index contributed by atoms with van der Waals surface area (Å²) in [6.45, 7) is 15.3. The fourth-order valence-corrected chi connectivity index (χ4v) is 16.2. The van der Waals surface area contributed by atoms with Crippen LogP contribution in [0.1, 0.15) is 82.9 Å². The Hall–Kier alpha value is -5.20. The number of esters is 3. The molecule has 3 heterocycles. The summed E-state index contributed by atoms with van der Waals surface area (Å²) in [5, 5.41) is 30.7. The minimum absolute atomic E-state index is 0.0181. The summed E-state index contributed by atoms with van der Waals surface area (Å²) in [6.07, 6.45) is 4.82. The van der Waals surface area contributed by atoms with Crippen molar-refractivity contribution in [3.05, 3.63) is 132 Å². The van der Waals surface area contributed by atoms with E-state index in [-0.39, 0.29) is 55.3 Å². The number of sulfonamides is 1. The topological polar surface area (TPSA) is 260 Å². The zero-order valence-electron chi connectivity index (χ0n) is 51.4. The first-order chi connectivity index (χ1) is 42.6. The predicted molar refractivity (Wildman–Crippen MR) is 350 cm³/mol. The third-order valence-corrected chi connectivity index (χ3v) is 21.9. The third-order valence-electron chi connectivity index (χ3n) is 15.6. The van der Waals surface area contributed by atoms with Gasteiger partial charge in [-0.05, 0) is 146 Å². The highest BCUT2D eigenvalue weighted by molar-refractivity contribution is 8.01. The maximum atomic E-state index is 13.4. The van der Waals surface area contributed by atoms with Crippen LogP contribution in [0.2, 0.25) is 0 Å². The van der Waals surface area contributed by atoms with Crippen LogP contribution in [0.15, 0.2) is 120 Å². The molecule has 3 saturated heterocycles. The van der Waals surface area contributed by atoms with Gasteiger partial charge in [0.2, 0.25) is 16.4 Å². The first kappa shape index (κ1) is 73.5. The highest BCUT2D eigenvalue weighted by Crippen LogP contribution is 2.43. The number of likely N-dealkylation sites (tertiary alicyclic amines) is 3. The standard InChI is InChI=1S/C28H36N2O6S2.C19H28N2O4S.C18H28N2O3S/c1-3-5-20-36-24-11-13-25(14-12-24)38(33,34)29-26(27(32)35-4-2)28(37-21-19-31)15-17-30(18-16-28)22-23-9-7-6-8-10-23;1-2-25-18(24)17(20-15-23)19(26-13-12-22)8-10-21(11-9-19)14-16-6-4-3-5-7-16;1-2-23-17(22)16(19)18(24-13-12-21)8-10-20(11-9-18)14-15-6-4-3-5-7-15/h6-14,26,29,31H,4,15-22H2,1-2H3;3-7,15,17,22H,2,8-14H2,1H3,(H,20,23);3-7,16,21H,2,8-14,19H2,1H3. The average Bonchev–Trinajstić information content (AvgIpc) is 2.15. The van der Waals surface area contributed by atoms with Gasteiger partial charge in [0, 0.05) is 51.1 Å². The van der Waals surface area contributed by atoms with Crippen LogP contribution in [0.4, 0.5) is 0 Å². The van der Waals surface area contributed by atoms with E-state index in [0.29, 0.717) is 62.0 Å². The van der Waals surface area contributed by atoms with Crippen LogP contribution >= 0.6 is 35.3 Å². The molecule has 3 atom stereocenters. The molecule has 0 aliphatic carbocycles. The summed E-state index contributed by atoms with van der Waals surface area (Å²) >= 11 is 4.60. The van der Waals surface area contributed by atoms with E-state index in [2.05, 4.69) is 85.1 Å². The van der Waals surface area contributed by atoms with Gasteiger partial charge < -0.3 is 45.3 Å². The van der Waals surface area contributed by atoms with Crippen LogP contribution in [-0.2, 0) is 63.0 Å². The number of amides is 1. The number of aliphatic hydroxyl groups is 3. The van der Waals surface area contributed by atoms with Crippen molar-refractivity contribution in [1.29, 1.82) is 0 Å². The first-order valence-corrected chi connectivity index (χ1v) is 34.7. The molecule has 484 valence electrons. The Labute approximate surface area is 534 Å². The molecule has 3 aliphatic heterocycles. The summed E-state index contributed by atoms with van der Waals surface area (Å²) in [5.41, 5.74) is 10.0. The number of nitrogens with zero attached hydrogens (tertiary/aromatic N) is 3. The smallest absolute Gasteiger partial charge is 0.330 e. The SMILES string of the molecule is CC#CCOc1ccc(S(=O)(=O)NC(C(=O)OCC)C2(SCCO)CCN(Cc3ccccc3)CC2)cc1.CCOC(=O)C(N)C1(SCCO)CCN(Cc2ccccc2)CC1.CCOC(=O)C(NC=O)C1(SCCO)CCN(Cc2ccccc2)CC1. The van der Waals surface area contributed by atoms with Crippen molar-refractivity contribution in [3.8, 4) is 17.6 Å². The minimum Gasteiger partial charge on any atom is -0.481 e. The zero-order chi connectivity index (χ0) is 63.7. The van der Waals surface area contributed by atoms with E-state index in [0.717, 1.165) is 71.5 Å². The third kappa shape index (κ3) is 22.9. The van der Waals surface area contributed by atoms with E-state index in [1.54, 1.807) is 63.4 Å². The normalized spacial score (nSPS) is 17.5. The summed E-state index contributed by atoms with van der Waals surface area (Å²) in [5.74, 6) is 6.16. The Bertz CT molecular complexity index is 2830. The molecule has 3 fully saturated rings. The van der Waals surface area contributed by atoms with E-state index in [9.17, 15) is 42.9 Å². The van der Waals surface area contributed by atoms with Crippen molar-refractivity contribution in [1.82, 2.24) is 24.7 Å². The largest absolute Gasteiger partial charge is 0.481 e. The lowest BCUT2D eigenvalue weighted by atomic mass is 9.87. The number of rotatable bonds is 31. The molecule has 3 aliphatic rings. The molecule has 1 amide bonds. The van der Waals surface area contributed by atoms with Crippen LogP contribution in [0.25, 0.3) is 0 Å². The van der Waals surface area contributed by atoms with Crippen LogP contribution in [-0.4, -0.2) is 198 Å². The molecule has 0 bridgehead atoms. The Morgan fingerprint density at radius 1 is 0.580 bits per heavy atom. The molecular weight excluding hydrogens is 1200 g/mol. The number of piperidine rings is 3. The van der Waals surface area contributed by atoms with Gasteiger partial charge >= 0.3 is 17.9 Å². The van der Waals surface area contributed by atoms with Crippen LogP contribution < -0.4 is 20.5 Å². The molecule has 4 aromatic rings. The number of hydrogen-bond donors (Lipinski definition) is 6. The van der Waals surface area contributed by atoms with E-state index in [1.807, 2.05) is 42.5 Å². The zero-order valence-corrected chi connectivity index (χ0v) is 54.7. The van der Waals surface area contributed by atoms with E-state index in [1.165, 1.54) is 40.6 Å². The summed E-state index contributed by atoms with van der Waals surface area (Å²) < 4.78 is 49.1. The van der Waals surface area contributed by atoms with Gasteiger partial charge in [-0.2, -0.15) is 28.2 Å². The molecule has 4 aromatic carbocycles. The Kier molecular flexibility index (Phi) is 32.7. The van der Waals surface area contributed by atoms with Crippen molar-refractivity contribution < 1.29 is 61.9 Å². The van der Waals surface area contributed by atoms with Gasteiger partial charge in [0.05, 0.1) is 44.5 Å². The number of hydrogen-bond acceptors (Lipinski definition) is 20. The fourth-order valence-electron chi connectivity index (χ4n) is 11.0. The molecule has 0 saturated carbocycles. The van der Waals surface area contributed by atoms with Gasteiger partial charge in [-0.15, -0.1) is 17.7 Å². The minimum atomic E-state index is -4.06. The van der Waals surface area contributed by atoms with Crippen molar-refractivity contribution in [2.45, 2.75) is 123 Å². The molecule has 19 nitrogen and oxygen atoms in total. The highest BCUT2D eigenvalue weighted by Gasteiger charge is 2.49. The monoisotopic (exact) mass is 1290 g/mol. The van der Waals surface area contributed by atoms with Crippen molar-refractivity contribution >= 4 is 69.6 Å². The predicted octanol–water partition coefficient (Wildman–Crippen LogP) is 6.12. The number of ether oxygens (including phenoxy) is 4.